The molecule has 2 heteroatoms. The summed E-state index contributed by atoms with van der Waals surface area (Å²) in [5.74, 6) is 0.321. The minimum Gasteiger partial charge on any atom is -0.345 e. The fourth-order valence-corrected chi connectivity index (χ4v) is 2.97. The molecule has 0 fully saturated rings. The normalized spacial score (nSPS) is 20.2. The van der Waals surface area contributed by atoms with Crippen LogP contribution in [-0.4, -0.2) is 10.4 Å². The number of carbonyl (C=O) groups is 1. The predicted molar refractivity (Wildman–Crippen MR) is 70.6 cm³/mol. The molecule has 1 aromatic rings. The van der Waals surface area contributed by atoms with Gasteiger partial charge in [-0.3, -0.25) is 4.79 Å². The van der Waals surface area contributed by atoms with E-state index in [2.05, 4.69) is 45.3 Å². The van der Waals surface area contributed by atoms with Crippen LogP contribution in [0.5, 0.6) is 0 Å². The molecule has 0 bridgehead atoms. The van der Waals surface area contributed by atoms with Gasteiger partial charge in [-0.25, -0.2) is 0 Å². The molecule has 1 heterocycles. The Morgan fingerprint density at radius 1 is 1.41 bits per heavy atom. The third-order valence-electron chi connectivity index (χ3n) is 3.95. The van der Waals surface area contributed by atoms with E-state index < -0.39 is 0 Å². The highest BCUT2D eigenvalue weighted by Gasteiger charge is 2.34. The molecule has 1 aliphatic carbocycles. The third kappa shape index (κ3) is 2.05. The molecule has 1 unspecified atom stereocenters. The van der Waals surface area contributed by atoms with Gasteiger partial charge in [0, 0.05) is 29.4 Å². The molecule has 1 aromatic heterocycles. The first kappa shape index (κ1) is 12.4. The molecule has 94 valence electrons. The number of rotatable bonds is 2. The van der Waals surface area contributed by atoms with Gasteiger partial charge in [-0.15, -0.1) is 0 Å². The van der Waals surface area contributed by atoms with Crippen LogP contribution < -0.4 is 0 Å². The van der Waals surface area contributed by atoms with Crippen molar-refractivity contribution in [3.63, 3.8) is 0 Å². The van der Waals surface area contributed by atoms with Crippen molar-refractivity contribution in [1.29, 1.82) is 0 Å². The second-order valence-electron chi connectivity index (χ2n) is 6.21. The van der Waals surface area contributed by atoms with E-state index in [1.54, 1.807) is 0 Å². The molecule has 0 saturated heterocycles. The van der Waals surface area contributed by atoms with Gasteiger partial charge in [-0.1, -0.05) is 20.8 Å². The second kappa shape index (κ2) is 4.01. The molecule has 2 rings (SSSR count). The van der Waals surface area contributed by atoms with Gasteiger partial charge in [0.05, 0.1) is 0 Å². The van der Waals surface area contributed by atoms with Crippen LogP contribution in [0, 0.1) is 12.3 Å². The van der Waals surface area contributed by atoms with Crippen LogP contribution in [0.1, 0.15) is 68.3 Å². The Labute approximate surface area is 104 Å². The van der Waals surface area contributed by atoms with Crippen molar-refractivity contribution >= 4 is 5.78 Å². The second-order valence-corrected chi connectivity index (χ2v) is 6.21. The standard InChI is InChI=1S/C15H23NO/c1-6-10(2)16-11(3)7-12-13(16)8-15(4,5)9-14(12)17/h7,10H,6,8-9H2,1-5H3. The van der Waals surface area contributed by atoms with Crippen molar-refractivity contribution in [2.24, 2.45) is 5.41 Å². The van der Waals surface area contributed by atoms with Crippen molar-refractivity contribution in [1.82, 2.24) is 4.57 Å². The van der Waals surface area contributed by atoms with Gasteiger partial charge < -0.3 is 4.57 Å². The molecule has 1 aliphatic rings. The number of Topliss-reactive ketones (excluding diaryl/α,β-unsaturated/α-hetero) is 1. The number of nitrogens with zero attached hydrogens (tertiary/aromatic N) is 1. The van der Waals surface area contributed by atoms with E-state index in [4.69, 9.17) is 0 Å². The molecule has 0 N–H and O–H groups in total. The summed E-state index contributed by atoms with van der Waals surface area (Å²) in [5, 5.41) is 0. The molecular formula is C15H23NO. The molecule has 1 atom stereocenters. The van der Waals surface area contributed by atoms with Gasteiger partial charge in [-0.2, -0.15) is 0 Å². The van der Waals surface area contributed by atoms with Gasteiger partial charge in [0.2, 0.25) is 0 Å². The first-order valence-electron chi connectivity index (χ1n) is 6.59. The number of fused-ring (bicyclic) bond motifs is 1. The van der Waals surface area contributed by atoms with Gasteiger partial charge in [0.15, 0.2) is 5.78 Å². The monoisotopic (exact) mass is 233 g/mol. The SMILES string of the molecule is CCC(C)n1c(C)cc2c1CC(C)(C)CC2=O. The van der Waals surface area contributed by atoms with Crippen molar-refractivity contribution in [2.45, 2.75) is 59.9 Å². The number of hydrogen-bond acceptors (Lipinski definition) is 1. The van der Waals surface area contributed by atoms with Crippen LogP contribution in [0.15, 0.2) is 6.07 Å². The molecule has 0 saturated carbocycles. The lowest BCUT2D eigenvalue weighted by Crippen LogP contribution is -2.28. The number of ketones is 1. The Kier molecular flexibility index (Phi) is 2.92. The lowest BCUT2D eigenvalue weighted by Gasteiger charge is -2.31. The van der Waals surface area contributed by atoms with Crippen LogP contribution in [0.25, 0.3) is 0 Å². The van der Waals surface area contributed by atoms with E-state index in [0.717, 1.165) is 18.4 Å². The average Bonchev–Trinajstić information content (AvgIpc) is 2.52. The van der Waals surface area contributed by atoms with E-state index in [1.165, 1.54) is 11.4 Å². The van der Waals surface area contributed by atoms with Crippen LogP contribution in [0.3, 0.4) is 0 Å². The maximum atomic E-state index is 12.2. The molecule has 0 radical (unpaired) electrons. The summed E-state index contributed by atoms with van der Waals surface area (Å²) in [5.41, 5.74) is 3.58. The summed E-state index contributed by atoms with van der Waals surface area (Å²) in [4.78, 5) is 12.2. The van der Waals surface area contributed by atoms with Crippen LogP contribution >= 0.6 is 0 Å². The maximum Gasteiger partial charge on any atom is 0.165 e. The Bertz CT molecular complexity index is 454. The largest absolute Gasteiger partial charge is 0.345 e. The molecule has 0 aromatic carbocycles. The van der Waals surface area contributed by atoms with E-state index in [1.807, 2.05) is 0 Å². The average molecular weight is 233 g/mol. The maximum absolute atomic E-state index is 12.2. The minimum absolute atomic E-state index is 0.111. The molecule has 2 nitrogen and oxygen atoms in total. The van der Waals surface area contributed by atoms with Gasteiger partial charge in [-0.05, 0) is 38.2 Å². The third-order valence-corrected chi connectivity index (χ3v) is 3.95. The first-order valence-corrected chi connectivity index (χ1v) is 6.59. The zero-order valence-corrected chi connectivity index (χ0v) is 11.6. The quantitative estimate of drug-likeness (QED) is 0.758. The number of hydrogen-bond donors (Lipinski definition) is 0. The van der Waals surface area contributed by atoms with Crippen LogP contribution in [-0.2, 0) is 6.42 Å². The lowest BCUT2D eigenvalue weighted by atomic mass is 9.76. The fraction of sp³-hybridized carbons (Fsp3) is 0.667. The first-order chi connectivity index (χ1) is 7.85. The Morgan fingerprint density at radius 3 is 2.65 bits per heavy atom. The van der Waals surface area contributed by atoms with E-state index >= 15 is 0 Å². The van der Waals surface area contributed by atoms with E-state index in [9.17, 15) is 4.79 Å². The smallest absolute Gasteiger partial charge is 0.165 e. The van der Waals surface area contributed by atoms with Crippen molar-refractivity contribution in [2.75, 3.05) is 0 Å². The summed E-state index contributed by atoms with van der Waals surface area (Å²) in [6, 6.07) is 2.57. The zero-order chi connectivity index (χ0) is 12.8. The summed E-state index contributed by atoms with van der Waals surface area (Å²) < 4.78 is 2.37. The zero-order valence-electron chi connectivity index (χ0n) is 11.6. The number of carbonyl (C=O) groups excluding carboxylic acids is 1. The highest BCUT2D eigenvalue weighted by Crippen LogP contribution is 2.37. The summed E-state index contributed by atoms with van der Waals surface area (Å²) in [6.07, 6.45) is 2.81. The molecule has 17 heavy (non-hydrogen) atoms. The fourth-order valence-electron chi connectivity index (χ4n) is 2.97. The molecule has 0 amide bonds. The van der Waals surface area contributed by atoms with E-state index in [-0.39, 0.29) is 5.41 Å². The highest BCUT2D eigenvalue weighted by atomic mass is 16.1. The van der Waals surface area contributed by atoms with E-state index in [0.29, 0.717) is 18.2 Å². The van der Waals surface area contributed by atoms with Crippen LogP contribution in [0.2, 0.25) is 0 Å². The number of aryl methyl sites for hydroxylation is 1. The topological polar surface area (TPSA) is 22.0 Å². The Hall–Kier alpha value is -1.05. The van der Waals surface area contributed by atoms with Crippen molar-refractivity contribution in [3.8, 4) is 0 Å². The van der Waals surface area contributed by atoms with Crippen LogP contribution in [0.4, 0.5) is 0 Å². The Morgan fingerprint density at radius 2 is 2.06 bits per heavy atom. The van der Waals surface area contributed by atoms with Crippen molar-refractivity contribution < 1.29 is 4.79 Å². The minimum atomic E-state index is 0.111. The van der Waals surface area contributed by atoms with Gasteiger partial charge in [0.25, 0.3) is 0 Å². The Balaban J connectivity index is 2.55. The van der Waals surface area contributed by atoms with Gasteiger partial charge >= 0.3 is 0 Å². The summed E-state index contributed by atoms with van der Waals surface area (Å²) in [6.45, 7) is 10.9. The number of aromatic nitrogens is 1. The summed E-state index contributed by atoms with van der Waals surface area (Å²) >= 11 is 0. The highest BCUT2D eigenvalue weighted by molar-refractivity contribution is 5.99. The van der Waals surface area contributed by atoms with Gasteiger partial charge in [0.1, 0.15) is 0 Å². The predicted octanol–water partition coefficient (Wildman–Crippen LogP) is 3.92. The molecule has 0 aliphatic heterocycles. The summed E-state index contributed by atoms with van der Waals surface area (Å²) in [7, 11) is 0. The molecule has 0 spiro atoms. The molecular weight excluding hydrogens is 210 g/mol. The lowest BCUT2D eigenvalue weighted by molar-refractivity contribution is 0.0909. The van der Waals surface area contributed by atoms with Crippen molar-refractivity contribution in [3.05, 3.63) is 23.0 Å².